The van der Waals surface area contributed by atoms with Crippen LogP contribution in [0.4, 0.5) is 0 Å². The normalized spacial score (nSPS) is 11.3. The quantitative estimate of drug-likeness (QED) is 0.104. The number of aryl methyl sites for hydroxylation is 1. The third kappa shape index (κ3) is 11.9. The molecule has 0 radical (unpaired) electrons. The molecular formula is C28H44BaO4S. The first-order valence-corrected chi connectivity index (χ1v) is 14.4. The Labute approximate surface area is 248 Å². The SMILES string of the molecule is CCCCCCCCCc1c(S(=O)(=O)[O-])cc2ccccc2c1CCCCCCCCC.[Ba+2].[OH-]. The summed E-state index contributed by atoms with van der Waals surface area (Å²) in [6.07, 6.45) is 18.3. The Kier molecular flexibility index (Phi) is 19.4. The summed E-state index contributed by atoms with van der Waals surface area (Å²) in [4.78, 5) is 0.0140. The summed E-state index contributed by atoms with van der Waals surface area (Å²) in [5.41, 5.74) is 1.88. The van der Waals surface area contributed by atoms with Crippen LogP contribution in [-0.2, 0) is 23.0 Å². The number of benzene rings is 2. The first-order chi connectivity index (χ1) is 15.5. The largest absolute Gasteiger partial charge is 2.00 e. The molecule has 0 aliphatic heterocycles. The Morgan fingerprint density at radius 3 is 1.62 bits per heavy atom. The Hall–Kier alpha value is 0.141. The van der Waals surface area contributed by atoms with Crippen LogP contribution >= 0.6 is 0 Å². The summed E-state index contributed by atoms with van der Waals surface area (Å²) in [6.45, 7) is 4.45. The number of fused-ring (bicyclic) bond motifs is 1. The van der Waals surface area contributed by atoms with Gasteiger partial charge >= 0.3 is 48.9 Å². The van der Waals surface area contributed by atoms with Crippen LogP contribution in [0.2, 0.25) is 0 Å². The van der Waals surface area contributed by atoms with Gasteiger partial charge in [-0.2, -0.15) is 0 Å². The van der Waals surface area contributed by atoms with E-state index in [1.807, 2.05) is 18.2 Å². The molecule has 1 N–H and O–H groups in total. The first kappa shape index (κ1) is 34.1. The van der Waals surface area contributed by atoms with Crippen molar-refractivity contribution in [2.45, 2.75) is 121 Å². The molecule has 4 nitrogen and oxygen atoms in total. The van der Waals surface area contributed by atoms with Crippen LogP contribution in [0, 0.1) is 0 Å². The third-order valence-electron chi connectivity index (χ3n) is 6.56. The van der Waals surface area contributed by atoms with Gasteiger partial charge in [-0.1, -0.05) is 115 Å². The third-order valence-corrected chi connectivity index (χ3v) is 7.47. The second kappa shape index (κ2) is 19.3. The first-order valence-electron chi connectivity index (χ1n) is 13.0. The average molecular weight is 614 g/mol. The maximum absolute atomic E-state index is 12.2. The molecule has 0 unspecified atom stereocenters. The molecule has 0 spiro atoms. The minimum atomic E-state index is -4.50. The molecule has 0 aromatic heterocycles. The van der Waals surface area contributed by atoms with Gasteiger partial charge < -0.3 is 10.0 Å². The van der Waals surface area contributed by atoms with E-state index < -0.39 is 10.1 Å². The molecule has 0 saturated carbocycles. The zero-order valence-corrected chi connectivity index (χ0v) is 26.7. The summed E-state index contributed by atoms with van der Waals surface area (Å²) in [7, 11) is -4.50. The van der Waals surface area contributed by atoms with Crippen LogP contribution in [0.3, 0.4) is 0 Å². The summed E-state index contributed by atoms with van der Waals surface area (Å²) in [5, 5.41) is 1.98. The minimum Gasteiger partial charge on any atom is -0.870 e. The van der Waals surface area contributed by atoms with E-state index in [4.69, 9.17) is 0 Å². The zero-order chi connectivity index (χ0) is 23.2. The molecule has 0 amide bonds. The van der Waals surface area contributed by atoms with Crippen molar-refractivity contribution >= 4 is 69.8 Å². The van der Waals surface area contributed by atoms with E-state index in [1.165, 1.54) is 64.2 Å². The van der Waals surface area contributed by atoms with Gasteiger partial charge in [-0.3, -0.25) is 0 Å². The molecule has 2 rings (SSSR count). The van der Waals surface area contributed by atoms with E-state index in [9.17, 15) is 13.0 Å². The van der Waals surface area contributed by atoms with Crippen LogP contribution in [0.1, 0.15) is 115 Å². The van der Waals surface area contributed by atoms with Gasteiger partial charge in [0.1, 0.15) is 10.1 Å². The summed E-state index contributed by atoms with van der Waals surface area (Å²) in [5.74, 6) is 0. The van der Waals surface area contributed by atoms with Crippen molar-refractivity contribution in [1.82, 2.24) is 0 Å². The average Bonchev–Trinajstić information content (AvgIpc) is 2.77. The van der Waals surface area contributed by atoms with Crippen molar-refractivity contribution < 1.29 is 18.4 Å². The van der Waals surface area contributed by atoms with Crippen LogP contribution in [0.15, 0.2) is 35.2 Å². The van der Waals surface area contributed by atoms with E-state index in [2.05, 4.69) is 19.9 Å². The second-order valence-corrected chi connectivity index (χ2v) is 10.6. The van der Waals surface area contributed by atoms with Gasteiger partial charge in [0, 0.05) is 0 Å². The van der Waals surface area contributed by atoms with E-state index in [1.54, 1.807) is 6.07 Å². The van der Waals surface area contributed by atoms with Crippen LogP contribution < -0.4 is 0 Å². The van der Waals surface area contributed by atoms with Gasteiger partial charge in [-0.25, -0.2) is 8.42 Å². The van der Waals surface area contributed by atoms with E-state index in [0.29, 0.717) is 6.42 Å². The molecule has 0 aliphatic rings. The topological polar surface area (TPSA) is 87.2 Å². The van der Waals surface area contributed by atoms with Crippen LogP contribution in [-0.4, -0.2) is 67.3 Å². The predicted molar refractivity (Wildman–Crippen MR) is 143 cm³/mol. The maximum atomic E-state index is 12.2. The zero-order valence-electron chi connectivity index (χ0n) is 21.5. The molecule has 0 saturated heterocycles. The molecular weight excluding hydrogens is 570 g/mol. The number of hydrogen-bond acceptors (Lipinski definition) is 4. The van der Waals surface area contributed by atoms with Crippen molar-refractivity contribution in [2.24, 2.45) is 0 Å². The number of rotatable bonds is 17. The molecule has 0 heterocycles. The van der Waals surface area contributed by atoms with Gasteiger partial charge in [0.15, 0.2) is 0 Å². The molecule has 0 fully saturated rings. The Morgan fingerprint density at radius 1 is 0.676 bits per heavy atom. The fraction of sp³-hybridized carbons (Fsp3) is 0.643. The Morgan fingerprint density at radius 2 is 1.12 bits per heavy atom. The molecule has 0 bridgehead atoms. The van der Waals surface area contributed by atoms with Crippen molar-refractivity contribution in [3.63, 3.8) is 0 Å². The van der Waals surface area contributed by atoms with E-state index >= 15 is 0 Å². The van der Waals surface area contributed by atoms with Crippen LogP contribution in [0.25, 0.3) is 10.8 Å². The minimum absolute atomic E-state index is 0. The molecule has 34 heavy (non-hydrogen) atoms. The molecule has 0 aliphatic carbocycles. The molecule has 0 atom stereocenters. The number of unbranched alkanes of at least 4 members (excludes halogenated alkanes) is 12. The fourth-order valence-corrected chi connectivity index (χ4v) is 5.54. The fourth-order valence-electron chi connectivity index (χ4n) is 4.74. The molecule has 188 valence electrons. The van der Waals surface area contributed by atoms with Gasteiger partial charge in [0.05, 0.1) is 4.90 Å². The number of hydrogen-bond donors (Lipinski definition) is 0. The predicted octanol–water partition coefficient (Wildman–Crippen LogP) is 7.77. The Bertz CT molecular complexity index is 912. The second-order valence-electron chi connectivity index (χ2n) is 9.25. The summed E-state index contributed by atoms with van der Waals surface area (Å²) < 4.78 is 36.5. The smallest absolute Gasteiger partial charge is 0.870 e. The van der Waals surface area contributed by atoms with Crippen molar-refractivity contribution in [2.75, 3.05) is 0 Å². The molecule has 2 aromatic carbocycles. The standard InChI is InChI=1S/C28H44O3S.Ba.H2O/c1-3-5-7-9-11-13-15-21-26-25-20-18-17-19-24(25)23-28(32(29,30)31)27(26)22-16-14-12-10-8-6-4-2;;/h17-20,23H,3-16,21-22H2,1-2H3,(H,29,30,31);;1H2/q;+2;/p-2. The molecule has 2 aromatic rings. The van der Waals surface area contributed by atoms with Crippen molar-refractivity contribution in [3.05, 3.63) is 41.5 Å². The van der Waals surface area contributed by atoms with Crippen molar-refractivity contribution in [3.8, 4) is 0 Å². The van der Waals surface area contributed by atoms with Crippen molar-refractivity contribution in [1.29, 1.82) is 0 Å². The summed E-state index contributed by atoms with van der Waals surface area (Å²) >= 11 is 0. The van der Waals surface area contributed by atoms with Gasteiger partial charge in [0.2, 0.25) is 0 Å². The Balaban J connectivity index is 0.00000544. The van der Waals surface area contributed by atoms with E-state index in [0.717, 1.165) is 54.0 Å². The summed E-state index contributed by atoms with van der Waals surface area (Å²) in [6, 6.07) is 9.55. The monoisotopic (exact) mass is 614 g/mol. The van der Waals surface area contributed by atoms with Gasteiger partial charge in [-0.15, -0.1) is 0 Å². The van der Waals surface area contributed by atoms with Gasteiger partial charge in [0.25, 0.3) is 0 Å². The maximum Gasteiger partial charge on any atom is 2.00 e. The molecule has 6 heteroatoms. The van der Waals surface area contributed by atoms with Crippen LogP contribution in [0.5, 0.6) is 0 Å². The van der Waals surface area contributed by atoms with Gasteiger partial charge in [-0.05, 0) is 53.6 Å². The van der Waals surface area contributed by atoms with E-state index in [-0.39, 0.29) is 59.3 Å².